The largest absolute Gasteiger partial charge is 0.0999 e. The van der Waals surface area contributed by atoms with Crippen LogP contribution in [0.3, 0.4) is 0 Å². The molecule has 0 saturated carbocycles. The zero-order chi connectivity index (χ0) is 8.20. The van der Waals surface area contributed by atoms with E-state index in [0.29, 0.717) is 0 Å². The van der Waals surface area contributed by atoms with Crippen molar-refractivity contribution in [1.82, 2.24) is 0 Å². The van der Waals surface area contributed by atoms with Gasteiger partial charge in [0.2, 0.25) is 0 Å². The second kappa shape index (κ2) is 3.97. The van der Waals surface area contributed by atoms with Gasteiger partial charge in [0.25, 0.3) is 0 Å². The summed E-state index contributed by atoms with van der Waals surface area (Å²) in [6.07, 6.45) is 2.41. The van der Waals surface area contributed by atoms with Crippen molar-refractivity contribution in [3.63, 3.8) is 0 Å². The maximum atomic E-state index is 4.00. The third kappa shape index (κ3) is 6.08. The molecule has 0 amide bonds. The van der Waals surface area contributed by atoms with Gasteiger partial charge >= 0.3 is 0 Å². The molecule has 0 heterocycles. The molecule has 0 atom stereocenters. The zero-order valence-corrected chi connectivity index (χ0v) is 8.83. The Morgan fingerprint density at radius 3 is 2.10 bits per heavy atom. The van der Waals surface area contributed by atoms with Gasteiger partial charge in [-0.25, -0.2) is 0 Å². The van der Waals surface area contributed by atoms with Gasteiger partial charge in [0.05, 0.1) is 0 Å². The van der Waals surface area contributed by atoms with Crippen LogP contribution < -0.4 is 0 Å². The van der Waals surface area contributed by atoms with Gasteiger partial charge in [-0.1, -0.05) is 44.8 Å². The number of hydrogen-bond donors (Lipinski definition) is 0. The summed E-state index contributed by atoms with van der Waals surface area (Å²) in [6.45, 7) is 13.4. The predicted octanol–water partition coefficient (Wildman–Crippen LogP) is 3.68. The lowest BCUT2D eigenvalue weighted by molar-refractivity contribution is 0.968. The molecule has 0 saturated heterocycles. The van der Waals surface area contributed by atoms with E-state index in [-0.39, 0.29) is 0 Å². The fourth-order valence-corrected chi connectivity index (χ4v) is 1.83. The third-order valence-electron chi connectivity index (χ3n) is 1.73. The van der Waals surface area contributed by atoms with Gasteiger partial charge in [-0.15, -0.1) is 0 Å². The highest BCUT2D eigenvalue weighted by atomic mass is 28.3. The second-order valence-electron chi connectivity index (χ2n) is 4.16. The zero-order valence-electron chi connectivity index (χ0n) is 7.83. The van der Waals surface area contributed by atoms with Crippen LogP contribution in [0.1, 0.15) is 19.8 Å². The molecule has 0 fully saturated rings. The van der Waals surface area contributed by atoms with E-state index < -0.39 is 8.07 Å². The molecule has 10 heavy (non-hydrogen) atoms. The molecule has 60 valence electrons. The molecular weight excluding hydrogens is 136 g/mol. The summed E-state index contributed by atoms with van der Waals surface area (Å²) >= 11 is 0. The fourth-order valence-electron chi connectivity index (χ4n) is 0.729. The fraction of sp³-hybridized carbons (Fsp3) is 0.778. The molecule has 0 N–H and O–H groups in total. The standard InChI is InChI=1S/C9H20Si/c1-6-9(2)7-8-10(3,4)5/h2,6-8H2,1,3-5H3. The summed E-state index contributed by atoms with van der Waals surface area (Å²) in [5, 5.41) is 0. The first-order chi connectivity index (χ1) is 4.45. The van der Waals surface area contributed by atoms with Crippen molar-refractivity contribution in [2.24, 2.45) is 0 Å². The second-order valence-corrected chi connectivity index (χ2v) is 9.79. The summed E-state index contributed by atoms with van der Waals surface area (Å²) in [6, 6.07) is 1.40. The normalized spacial score (nSPS) is 11.6. The first kappa shape index (κ1) is 9.96. The van der Waals surface area contributed by atoms with Crippen molar-refractivity contribution in [1.29, 1.82) is 0 Å². The molecule has 0 aromatic rings. The maximum absolute atomic E-state index is 4.00. The number of rotatable bonds is 4. The van der Waals surface area contributed by atoms with E-state index in [1.807, 2.05) is 0 Å². The lowest BCUT2D eigenvalue weighted by Gasteiger charge is -2.15. The van der Waals surface area contributed by atoms with Gasteiger partial charge in [-0.2, -0.15) is 0 Å². The van der Waals surface area contributed by atoms with Crippen molar-refractivity contribution < 1.29 is 0 Å². The predicted molar refractivity (Wildman–Crippen MR) is 52.2 cm³/mol. The van der Waals surface area contributed by atoms with Gasteiger partial charge in [-0.3, -0.25) is 0 Å². The first-order valence-electron chi connectivity index (χ1n) is 4.12. The Labute approximate surface area is 66.4 Å². The average molecular weight is 156 g/mol. The molecule has 0 aliphatic rings. The molecule has 0 rings (SSSR count). The van der Waals surface area contributed by atoms with E-state index in [1.54, 1.807) is 0 Å². The minimum Gasteiger partial charge on any atom is -0.0999 e. The Bertz CT molecular complexity index is 108. The highest BCUT2D eigenvalue weighted by Crippen LogP contribution is 2.16. The van der Waals surface area contributed by atoms with Gasteiger partial charge in [0.15, 0.2) is 0 Å². The SMILES string of the molecule is C=C(CC)CC[Si](C)(C)C. The summed E-state index contributed by atoms with van der Waals surface area (Å²) in [7, 11) is -0.797. The lowest BCUT2D eigenvalue weighted by Crippen LogP contribution is -2.18. The highest BCUT2D eigenvalue weighted by Gasteiger charge is 2.11. The van der Waals surface area contributed by atoms with Gasteiger partial charge < -0.3 is 0 Å². The van der Waals surface area contributed by atoms with Crippen molar-refractivity contribution >= 4 is 8.07 Å². The van der Waals surface area contributed by atoms with Gasteiger partial charge in [0, 0.05) is 8.07 Å². The molecule has 0 nitrogen and oxygen atoms in total. The van der Waals surface area contributed by atoms with Crippen LogP contribution >= 0.6 is 0 Å². The molecular formula is C9H20Si. The minimum absolute atomic E-state index is 0.797. The molecule has 0 aliphatic carbocycles. The Morgan fingerprint density at radius 2 is 1.80 bits per heavy atom. The Balaban J connectivity index is 3.46. The quantitative estimate of drug-likeness (QED) is 0.430. The van der Waals surface area contributed by atoms with E-state index in [2.05, 4.69) is 33.1 Å². The molecule has 0 spiro atoms. The summed E-state index contributed by atoms with van der Waals surface area (Å²) in [5.41, 5.74) is 1.42. The topological polar surface area (TPSA) is 0 Å². The third-order valence-corrected chi connectivity index (χ3v) is 3.48. The van der Waals surface area contributed by atoms with Crippen LogP contribution in [-0.4, -0.2) is 8.07 Å². The van der Waals surface area contributed by atoms with Crippen LogP contribution in [0.15, 0.2) is 12.2 Å². The first-order valence-corrected chi connectivity index (χ1v) is 7.83. The van der Waals surface area contributed by atoms with E-state index in [4.69, 9.17) is 0 Å². The molecule has 0 bridgehead atoms. The van der Waals surface area contributed by atoms with Crippen LogP contribution in [0.5, 0.6) is 0 Å². The highest BCUT2D eigenvalue weighted by molar-refractivity contribution is 6.76. The van der Waals surface area contributed by atoms with E-state index in [1.165, 1.54) is 18.0 Å². The summed E-state index contributed by atoms with van der Waals surface area (Å²) in [4.78, 5) is 0. The average Bonchev–Trinajstić information content (AvgIpc) is 1.81. The van der Waals surface area contributed by atoms with Gasteiger partial charge in [-0.05, 0) is 12.8 Å². The van der Waals surface area contributed by atoms with Crippen LogP contribution in [0.2, 0.25) is 25.7 Å². The molecule has 0 unspecified atom stereocenters. The lowest BCUT2D eigenvalue weighted by atomic mass is 10.2. The van der Waals surface area contributed by atoms with Crippen LogP contribution in [0.25, 0.3) is 0 Å². The number of hydrogen-bond acceptors (Lipinski definition) is 0. The Morgan fingerprint density at radius 1 is 1.30 bits per heavy atom. The Kier molecular flexibility index (Phi) is 3.95. The van der Waals surface area contributed by atoms with Crippen LogP contribution in [0.4, 0.5) is 0 Å². The van der Waals surface area contributed by atoms with Gasteiger partial charge in [0.1, 0.15) is 0 Å². The van der Waals surface area contributed by atoms with Crippen LogP contribution in [0, 0.1) is 0 Å². The monoisotopic (exact) mass is 156 g/mol. The molecule has 0 aromatic carbocycles. The van der Waals surface area contributed by atoms with Crippen molar-refractivity contribution in [3.8, 4) is 0 Å². The molecule has 0 aromatic heterocycles. The molecule has 0 aliphatic heterocycles. The van der Waals surface area contributed by atoms with E-state index in [0.717, 1.165) is 6.42 Å². The smallest absolute Gasteiger partial charge is 0.0445 e. The molecule has 1 heteroatoms. The molecule has 0 radical (unpaired) electrons. The Hall–Kier alpha value is -0.0431. The van der Waals surface area contributed by atoms with E-state index in [9.17, 15) is 0 Å². The summed E-state index contributed by atoms with van der Waals surface area (Å²) < 4.78 is 0. The van der Waals surface area contributed by atoms with Crippen molar-refractivity contribution in [3.05, 3.63) is 12.2 Å². The van der Waals surface area contributed by atoms with Crippen LogP contribution in [-0.2, 0) is 0 Å². The summed E-state index contributed by atoms with van der Waals surface area (Å²) in [5.74, 6) is 0. The number of allylic oxidation sites excluding steroid dienone is 1. The van der Waals surface area contributed by atoms with Crippen molar-refractivity contribution in [2.75, 3.05) is 0 Å². The van der Waals surface area contributed by atoms with Crippen molar-refractivity contribution in [2.45, 2.75) is 45.5 Å². The minimum atomic E-state index is -0.797. The maximum Gasteiger partial charge on any atom is 0.0445 e. The van der Waals surface area contributed by atoms with E-state index >= 15 is 0 Å².